The third kappa shape index (κ3) is 5.63. The SMILES string of the molecule is Br.[Zn][CH2]CCOC1CCCCO1. The summed E-state index contributed by atoms with van der Waals surface area (Å²) >= 11 is 1.38. The Balaban J connectivity index is 0.00000121. The van der Waals surface area contributed by atoms with Crippen molar-refractivity contribution in [3.63, 3.8) is 0 Å². The van der Waals surface area contributed by atoms with Gasteiger partial charge in [0.25, 0.3) is 0 Å². The third-order valence-corrected chi connectivity index (χ3v) is 2.89. The Morgan fingerprint density at radius 3 is 2.83 bits per heavy atom. The number of ether oxygens (including phenoxy) is 2. The average molecular weight is 290 g/mol. The van der Waals surface area contributed by atoms with Crippen LogP contribution in [0.3, 0.4) is 0 Å². The van der Waals surface area contributed by atoms with Crippen LogP contribution in [0, 0.1) is 0 Å². The van der Waals surface area contributed by atoms with Crippen molar-refractivity contribution in [1.82, 2.24) is 0 Å². The van der Waals surface area contributed by atoms with Crippen molar-refractivity contribution in [3.8, 4) is 0 Å². The fourth-order valence-corrected chi connectivity index (χ4v) is 1.59. The second kappa shape index (κ2) is 8.61. The van der Waals surface area contributed by atoms with E-state index in [4.69, 9.17) is 9.47 Å². The summed E-state index contributed by atoms with van der Waals surface area (Å²) in [5.41, 5.74) is 0. The zero-order valence-corrected chi connectivity index (χ0v) is 12.1. The first-order chi connectivity index (χ1) is 5.43. The van der Waals surface area contributed by atoms with Gasteiger partial charge < -0.3 is 0 Å². The van der Waals surface area contributed by atoms with Crippen molar-refractivity contribution in [1.29, 1.82) is 0 Å². The van der Waals surface area contributed by atoms with Crippen molar-refractivity contribution in [3.05, 3.63) is 0 Å². The molecule has 0 N–H and O–H groups in total. The maximum absolute atomic E-state index is 5.52. The molecule has 2 nitrogen and oxygen atoms in total. The summed E-state index contributed by atoms with van der Waals surface area (Å²) in [5.74, 6) is 0. The van der Waals surface area contributed by atoms with E-state index in [1.165, 1.54) is 42.6 Å². The van der Waals surface area contributed by atoms with Gasteiger partial charge in [-0.05, 0) is 0 Å². The number of hydrogen-bond acceptors (Lipinski definition) is 2. The number of hydrogen-bond donors (Lipinski definition) is 0. The van der Waals surface area contributed by atoms with Crippen LogP contribution in [0.1, 0.15) is 25.7 Å². The average Bonchev–Trinajstić information content (AvgIpc) is 2.07. The third-order valence-electron chi connectivity index (χ3n) is 1.84. The normalized spacial score (nSPS) is 23.3. The molecule has 0 bridgehead atoms. The molecule has 1 aliphatic heterocycles. The van der Waals surface area contributed by atoms with Crippen LogP contribution in [0.25, 0.3) is 0 Å². The van der Waals surface area contributed by atoms with Crippen LogP contribution >= 0.6 is 17.0 Å². The summed E-state index contributed by atoms with van der Waals surface area (Å²) in [6.07, 6.45) is 4.90. The molecule has 0 amide bonds. The van der Waals surface area contributed by atoms with Gasteiger partial charge in [0.2, 0.25) is 0 Å². The van der Waals surface area contributed by atoms with Crippen LogP contribution in [0.4, 0.5) is 0 Å². The molecule has 0 aromatic carbocycles. The molecule has 0 aliphatic carbocycles. The molecule has 69 valence electrons. The summed E-state index contributed by atoms with van der Waals surface area (Å²) in [5, 5.41) is 1.33. The first-order valence-electron chi connectivity index (χ1n) is 4.46. The van der Waals surface area contributed by atoms with Gasteiger partial charge in [0.15, 0.2) is 0 Å². The molecule has 0 spiro atoms. The Bertz CT molecular complexity index is 97.1. The standard InChI is InChI=1S/C8H15O2.BrH.Zn/c1-2-6-9-8-5-3-4-7-10-8;;/h8H,1-7H2;1H;. The first-order valence-corrected chi connectivity index (χ1v) is 6.56. The quantitative estimate of drug-likeness (QED) is 0.585. The van der Waals surface area contributed by atoms with E-state index in [0.717, 1.165) is 19.6 Å². The Labute approximate surface area is 94.8 Å². The van der Waals surface area contributed by atoms with E-state index in [1.54, 1.807) is 0 Å². The Morgan fingerprint density at radius 1 is 1.42 bits per heavy atom. The predicted molar refractivity (Wildman–Crippen MR) is 49.3 cm³/mol. The van der Waals surface area contributed by atoms with Crippen molar-refractivity contribution in [2.24, 2.45) is 0 Å². The predicted octanol–water partition coefficient (Wildman–Crippen LogP) is 2.46. The molecule has 12 heavy (non-hydrogen) atoms. The summed E-state index contributed by atoms with van der Waals surface area (Å²) in [7, 11) is 0. The molecule has 1 aliphatic rings. The fraction of sp³-hybridized carbons (Fsp3) is 1.00. The van der Waals surface area contributed by atoms with Gasteiger partial charge in [0, 0.05) is 0 Å². The molecular formula is C8H16BrO2Zn. The molecule has 1 fully saturated rings. The Kier molecular flexibility index (Phi) is 9.35. The van der Waals surface area contributed by atoms with Crippen LogP contribution in [0.15, 0.2) is 0 Å². The zero-order chi connectivity index (χ0) is 7.94. The Hall–Kier alpha value is 1.02. The van der Waals surface area contributed by atoms with E-state index >= 15 is 0 Å². The van der Waals surface area contributed by atoms with E-state index in [1.807, 2.05) is 0 Å². The maximum atomic E-state index is 5.52. The van der Waals surface area contributed by atoms with Crippen LogP contribution in [0.5, 0.6) is 0 Å². The summed E-state index contributed by atoms with van der Waals surface area (Å²) in [6, 6.07) is 0. The van der Waals surface area contributed by atoms with Crippen molar-refractivity contribution < 1.29 is 27.8 Å². The van der Waals surface area contributed by atoms with Crippen molar-refractivity contribution in [2.45, 2.75) is 37.0 Å². The molecular weight excluding hydrogens is 273 g/mol. The topological polar surface area (TPSA) is 18.5 Å². The van der Waals surface area contributed by atoms with Crippen LogP contribution in [-0.2, 0) is 27.8 Å². The van der Waals surface area contributed by atoms with Gasteiger partial charge in [-0.15, -0.1) is 17.0 Å². The van der Waals surface area contributed by atoms with Crippen LogP contribution in [0.2, 0.25) is 5.02 Å². The van der Waals surface area contributed by atoms with Gasteiger partial charge in [-0.1, -0.05) is 0 Å². The van der Waals surface area contributed by atoms with Gasteiger partial charge in [-0.3, -0.25) is 0 Å². The monoisotopic (exact) mass is 287 g/mol. The van der Waals surface area contributed by atoms with E-state index < -0.39 is 0 Å². The van der Waals surface area contributed by atoms with Gasteiger partial charge in [0.05, 0.1) is 0 Å². The molecule has 1 saturated heterocycles. The summed E-state index contributed by atoms with van der Waals surface area (Å²) in [4.78, 5) is 0. The van der Waals surface area contributed by atoms with Crippen LogP contribution < -0.4 is 0 Å². The molecule has 1 heterocycles. The van der Waals surface area contributed by atoms with Gasteiger partial charge in [0.1, 0.15) is 0 Å². The zero-order valence-electron chi connectivity index (χ0n) is 7.46. The number of rotatable bonds is 4. The molecule has 0 aromatic rings. The molecule has 4 heteroatoms. The van der Waals surface area contributed by atoms with E-state index in [0.29, 0.717) is 0 Å². The van der Waals surface area contributed by atoms with Gasteiger partial charge >= 0.3 is 78.0 Å². The van der Waals surface area contributed by atoms with Crippen molar-refractivity contribution in [2.75, 3.05) is 13.2 Å². The molecule has 0 radical (unpaired) electrons. The molecule has 1 rings (SSSR count). The molecule has 0 saturated carbocycles. The van der Waals surface area contributed by atoms with E-state index in [-0.39, 0.29) is 23.3 Å². The van der Waals surface area contributed by atoms with Crippen molar-refractivity contribution >= 4 is 17.0 Å². The summed E-state index contributed by atoms with van der Waals surface area (Å²) < 4.78 is 10.9. The molecule has 1 unspecified atom stereocenters. The van der Waals surface area contributed by atoms with Crippen LogP contribution in [-0.4, -0.2) is 19.5 Å². The molecule has 1 atom stereocenters. The molecule has 0 aromatic heterocycles. The van der Waals surface area contributed by atoms with Gasteiger partial charge in [-0.2, -0.15) is 0 Å². The van der Waals surface area contributed by atoms with E-state index in [9.17, 15) is 0 Å². The summed E-state index contributed by atoms with van der Waals surface area (Å²) in [6.45, 7) is 1.79. The minimum atomic E-state index is 0. The van der Waals surface area contributed by atoms with Gasteiger partial charge in [-0.25, -0.2) is 0 Å². The fourth-order valence-electron chi connectivity index (χ4n) is 1.16. The second-order valence-electron chi connectivity index (χ2n) is 2.87. The second-order valence-corrected chi connectivity index (χ2v) is 4.36. The van der Waals surface area contributed by atoms with E-state index in [2.05, 4.69) is 0 Å². The minimum absolute atomic E-state index is 0. The Morgan fingerprint density at radius 2 is 2.25 bits per heavy atom. The first kappa shape index (κ1) is 13.0. The number of halogens is 1.